The van der Waals surface area contributed by atoms with Gasteiger partial charge >= 0.3 is 24.1 Å². The van der Waals surface area contributed by atoms with Crippen LogP contribution in [-0.2, 0) is 72.6 Å². The smallest absolute Gasteiger partial charge is 0.411 e. The molecular formula is C67H80N4O13. The minimum absolute atomic E-state index is 0.0482. The average Bonchev–Trinajstić information content (AvgIpc) is 3.55. The monoisotopic (exact) mass is 1150 g/mol. The number of aldehydes is 1. The van der Waals surface area contributed by atoms with Crippen LogP contribution in [0.1, 0.15) is 87.8 Å². The van der Waals surface area contributed by atoms with Gasteiger partial charge in [-0.2, -0.15) is 0 Å². The van der Waals surface area contributed by atoms with Crippen molar-refractivity contribution in [2.45, 2.75) is 135 Å². The second-order valence-electron chi connectivity index (χ2n) is 23.0. The van der Waals surface area contributed by atoms with Crippen molar-refractivity contribution in [1.82, 2.24) is 19.6 Å². The molecule has 446 valence electrons. The molecule has 8 rings (SSSR count). The van der Waals surface area contributed by atoms with Gasteiger partial charge in [0.15, 0.2) is 0 Å². The Hall–Kier alpha value is -8.09. The summed E-state index contributed by atoms with van der Waals surface area (Å²) in [7, 11) is 0. The summed E-state index contributed by atoms with van der Waals surface area (Å²) in [5.41, 5.74) is 4.41. The fourth-order valence-electron chi connectivity index (χ4n) is 9.94. The fourth-order valence-corrected chi connectivity index (χ4v) is 9.94. The first-order chi connectivity index (χ1) is 40.3. The molecule has 2 heterocycles. The van der Waals surface area contributed by atoms with E-state index in [0.29, 0.717) is 26.1 Å². The lowest BCUT2D eigenvalue weighted by atomic mass is 9.95. The molecule has 6 aromatic carbocycles. The zero-order valence-corrected chi connectivity index (χ0v) is 49.0. The number of benzene rings is 6. The zero-order valence-electron chi connectivity index (χ0n) is 49.0. The molecule has 17 nitrogen and oxygen atoms in total. The number of hydrogen-bond donors (Lipinski definition) is 2. The summed E-state index contributed by atoms with van der Waals surface area (Å²) < 4.78 is 34.3. The van der Waals surface area contributed by atoms with Gasteiger partial charge in [0.05, 0.1) is 51.2 Å². The summed E-state index contributed by atoms with van der Waals surface area (Å²) in [5, 5.41) is 20.1. The average molecular weight is 1150 g/mol. The highest BCUT2D eigenvalue weighted by atomic mass is 16.6. The van der Waals surface area contributed by atoms with E-state index in [1.807, 2.05) is 200 Å². The third kappa shape index (κ3) is 20.4. The largest absolute Gasteiger partial charge is 0.489 e. The molecule has 17 heteroatoms. The van der Waals surface area contributed by atoms with E-state index in [2.05, 4.69) is 0 Å². The predicted molar refractivity (Wildman–Crippen MR) is 317 cm³/mol. The molecule has 6 aromatic rings. The van der Waals surface area contributed by atoms with Crippen LogP contribution in [0, 0.1) is 0 Å². The van der Waals surface area contributed by atoms with Crippen LogP contribution in [0.5, 0.6) is 11.5 Å². The Morgan fingerprint density at radius 1 is 0.488 bits per heavy atom. The van der Waals surface area contributed by atoms with E-state index in [1.54, 1.807) is 30.6 Å². The summed E-state index contributed by atoms with van der Waals surface area (Å²) in [5.74, 6) is 0.588. The molecular weight excluding hydrogens is 1070 g/mol. The molecule has 5 atom stereocenters. The van der Waals surface area contributed by atoms with Crippen molar-refractivity contribution in [3.63, 3.8) is 0 Å². The molecule has 2 amide bonds. The Kier molecular flexibility index (Phi) is 23.4. The second kappa shape index (κ2) is 31.0. The molecule has 2 saturated heterocycles. The van der Waals surface area contributed by atoms with Crippen molar-refractivity contribution >= 4 is 30.4 Å². The number of rotatable bonds is 23. The lowest BCUT2D eigenvalue weighted by Gasteiger charge is -2.31. The number of carbonyl (C=O) groups excluding carboxylic acids is 5. The normalized spacial score (nSPS) is 17.5. The topological polar surface area (TPSA) is 194 Å². The van der Waals surface area contributed by atoms with Crippen LogP contribution in [0.3, 0.4) is 0 Å². The van der Waals surface area contributed by atoms with Gasteiger partial charge in [-0.25, -0.2) is 9.59 Å². The van der Waals surface area contributed by atoms with Crippen molar-refractivity contribution < 1.29 is 62.6 Å². The van der Waals surface area contributed by atoms with Crippen LogP contribution in [0.4, 0.5) is 9.59 Å². The molecule has 1 unspecified atom stereocenters. The third-order valence-electron chi connectivity index (χ3n) is 14.0. The van der Waals surface area contributed by atoms with E-state index >= 15 is 0 Å². The number of nitrogens with zero attached hydrogens (tertiary/aromatic N) is 4. The Bertz CT molecular complexity index is 2980. The van der Waals surface area contributed by atoms with Crippen LogP contribution in [-0.4, -0.2) is 135 Å². The van der Waals surface area contributed by atoms with Gasteiger partial charge in [-0.05, 0) is 118 Å². The minimum atomic E-state index is -1.03. The van der Waals surface area contributed by atoms with Gasteiger partial charge in [-0.15, -0.1) is 0 Å². The maximum absolute atomic E-state index is 13.4. The molecule has 2 aliphatic heterocycles. The lowest BCUT2D eigenvalue weighted by molar-refractivity contribution is -0.147. The van der Waals surface area contributed by atoms with E-state index in [9.17, 15) is 34.2 Å². The summed E-state index contributed by atoms with van der Waals surface area (Å²) >= 11 is 0. The highest BCUT2D eigenvalue weighted by Gasteiger charge is 2.46. The van der Waals surface area contributed by atoms with E-state index in [4.69, 9.17) is 28.4 Å². The summed E-state index contributed by atoms with van der Waals surface area (Å²) in [6, 6.07) is 52.4. The minimum Gasteiger partial charge on any atom is -0.489 e. The van der Waals surface area contributed by atoms with Crippen LogP contribution in [0.2, 0.25) is 0 Å². The maximum atomic E-state index is 13.4. The number of esters is 2. The Labute approximate surface area is 493 Å². The van der Waals surface area contributed by atoms with Crippen LogP contribution >= 0.6 is 0 Å². The number of carbonyl (C=O) groups is 5. The van der Waals surface area contributed by atoms with Crippen LogP contribution in [0.25, 0.3) is 0 Å². The second-order valence-corrected chi connectivity index (χ2v) is 23.0. The molecule has 0 saturated carbocycles. The summed E-state index contributed by atoms with van der Waals surface area (Å²) in [6.07, 6.45) is 0.0499. The van der Waals surface area contributed by atoms with Crippen molar-refractivity contribution in [3.05, 3.63) is 203 Å². The van der Waals surface area contributed by atoms with Crippen LogP contribution in [0.15, 0.2) is 170 Å². The summed E-state index contributed by atoms with van der Waals surface area (Å²) in [4.78, 5) is 71.0. The van der Waals surface area contributed by atoms with Gasteiger partial charge in [-0.3, -0.25) is 29.2 Å². The number of hydrogen-bond acceptors (Lipinski definition) is 15. The molecule has 84 heavy (non-hydrogen) atoms. The van der Waals surface area contributed by atoms with E-state index in [-0.39, 0.29) is 64.6 Å². The molecule has 0 bridgehead atoms. The lowest BCUT2D eigenvalue weighted by Crippen LogP contribution is -2.45. The van der Waals surface area contributed by atoms with Crippen molar-refractivity contribution in [1.29, 1.82) is 0 Å². The van der Waals surface area contributed by atoms with E-state index < -0.39 is 60.1 Å². The number of ether oxygens (including phenoxy) is 6. The van der Waals surface area contributed by atoms with Gasteiger partial charge in [0.25, 0.3) is 0 Å². The number of aliphatic hydroxyl groups excluding tert-OH is 2. The molecule has 0 spiro atoms. The van der Waals surface area contributed by atoms with E-state index in [1.165, 1.54) is 0 Å². The first-order valence-corrected chi connectivity index (χ1v) is 28.4. The SMILES string of the molecule is CC(C)(C)OC(=O)N1CN(CC(=O)OCc2ccccc2)[C@H](CC(O)CO)[C@@H]1Cc1ccc(OCc2ccccc2)cc1.CC(C)(C)OC(=O)N1CN(CC(=O)OCc2ccccc2)[C@H](CC=O)[C@@H]1Cc1ccc(OCc2ccccc2)cc1. The third-order valence-corrected chi connectivity index (χ3v) is 14.0. The molecule has 2 aliphatic rings. The first-order valence-electron chi connectivity index (χ1n) is 28.4. The zero-order chi connectivity index (χ0) is 60.1. The Morgan fingerprint density at radius 3 is 1.18 bits per heavy atom. The molecule has 2 fully saturated rings. The van der Waals surface area contributed by atoms with Crippen molar-refractivity contribution in [3.8, 4) is 11.5 Å². The van der Waals surface area contributed by atoms with Crippen molar-refractivity contribution in [2.75, 3.05) is 33.0 Å². The molecule has 0 aromatic heterocycles. The maximum Gasteiger partial charge on any atom is 0.411 e. The quantitative estimate of drug-likeness (QED) is 0.0349. The molecule has 0 radical (unpaired) electrons. The standard InChI is InChI=1S/C34H42N2O7.C33H38N2O6/c1-34(2,3)43-33(40)36-24-35(20-32(39)42-23-27-12-8-5-9-13-27)30(19-28(38)21-37)31(36)18-25-14-16-29(17-15-25)41-22-26-10-6-4-7-11-26;1-33(2,3)41-32(38)35-24-34(21-31(37)40-23-27-12-8-5-9-13-27)29(18-19-36)30(35)20-25-14-16-28(17-15-25)39-22-26-10-6-4-7-11-26/h4-17,28,30-31,37-38H,18-24H2,1-3H3;4-17,19,29-30H,18,20-24H2,1-3H3/t28?,30-,31+;29-,30+/m11/s1. The van der Waals surface area contributed by atoms with Gasteiger partial charge in [-0.1, -0.05) is 146 Å². The molecule has 2 N–H and O–H groups in total. The summed E-state index contributed by atoms with van der Waals surface area (Å²) in [6.45, 7) is 11.7. The highest BCUT2D eigenvalue weighted by molar-refractivity contribution is 5.74. The van der Waals surface area contributed by atoms with Gasteiger partial charge in [0.2, 0.25) is 0 Å². The van der Waals surface area contributed by atoms with Gasteiger partial charge in [0, 0.05) is 18.5 Å². The highest BCUT2D eigenvalue weighted by Crippen LogP contribution is 2.32. The number of aliphatic hydroxyl groups is 2. The van der Waals surface area contributed by atoms with Gasteiger partial charge in [0.1, 0.15) is 55.4 Å². The predicted octanol–water partition coefficient (Wildman–Crippen LogP) is 9.93. The Balaban J connectivity index is 0.000000241. The fraction of sp³-hybridized carbons (Fsp3) is 0.388. The number of amides is 2. The molecule has 0 aliphatic carbocycles. The van der Waals surface area contributed by atoms with Crippen LogP contribution < -0.4 is 9.47 Å². The van der Waals surface area contributed by atoms with E-state index in [0.717, 1.165) is 51.2 Å². The van der Waals surface area contributed by atoms with Crippen molar-refractivity contribution in [2.24, 2.45) is 0 Å². The Morgan fingerprint density at radius 2 is 0.833 bits per heavy atom. The van der Waals surface area contributed by atoms with Gasteiger partial charge < -0.3 is 43.4 Å². The first kappa shape index (κ1) is 63.5.